The highest BCUT2D eigenvalue weighted by molar-refractivity contribution is 7.71. The van der Waals surface area contributed by atoms with Gasteiger partial charge in [-0.15, -0.1) is 0 Å². The van der Waals surface area contributed by atoms with E-state index in [0.29, 0.717) is 6.61 Å². The van der Waals surface area contributed by atoms with E-state index in [1.807, 2.05) is 54.6 Å². The third kappa shape index (κ3) is 4.02. The van der Waals surface area contributed by atoms with E-state index in [-0.39, 0.29) is 4.77 Å². The van der Waals surface area contributed by atoms with Gasteiger partial charge in [0, 0.05) is 0 Å². The Hall–Kier alpha value is -3.06. The molecule has 1 heterocycles. The van der Waals surface area contributed by atoms with E-state index in [2.05, 4.69) is 15.3 Å². The predicted octanol–water partition coefficient (Wildman–Crippen LogP) is 2.76. The molecule has 2 aromatic carbocycles. The Kier molecular flexibility index (Phi) is 4.93. The third-order valence-corrected chi connectivity index (χ3v) is 3.45. The molecular weight excluding hydrogens is 324 g/mol. The van der Waals surface area contributed by atoms with Gasteiger partial charge in [-0.1, -0.05) is 30.3 Å². The molecule has 0 atom stereocenters. The summed E-state index contributed by atoms with van der Waals surface area (Å²) in [6, 6.07) is 17.3. The summed E-state index contributed by atoms with van der Waals surface area (Å²) in [4.78, 5) is 11.6. The number of aromatic amines is 1. The van der Waals surface area contributed by atoms with Crippen LogP contribution in [0.15, 0.2) is 70.7 Å². The van der Waals surface area contributed by atoms with Crippen LogP contribution in [0.4, 0.5) is 0 Å². The zero-order chi connectivity index (χ0) is 16.8. The van der Waals surface area contributed by atoms with Crippen molar-refractivity contribution in [3.05, 3.63) is 87.0 Å². The molecule has 0 spiro atoms. The second kappa shape index (κ2) is 7.47. The topological polar surface area (TPSA) is 72.3 Å². The number of hydrogen-bond donors (Lipinski definition) is 1. The number of hydrogen-bond acceptors (Lipinski definition) is 5. The number of ether oxygens (including phenoxy) is 1. The van der Waals surface area contributed by atoms with Crippen LogP contribution in [0.1, 0.15) is 11.1 Å². The minimum atomic E-state index is -0.391. The van der Waals surface area contributed by atoms with Gasteiger partial charge < -0.3 is 4.74 Å². The maximum atomic E-state index is 11.6. The van der Waals surface area contributed by atoms with Crippen molar-refractivity contribution in [3.8, 4) is 5.75 Å². The van der Waals surface area contributed by atoms with E-state index >= 15 is 0 Å². The molecule has 6 nitrogen and oxygen atoms in total. The van der Waals surface area contributed by atoms with Gasteiger partial charge in [-0.25, -0.2) is 0 Å². The van der Waals surface area contributed by atoms with Gasteiger partial charge in [-0.3, -0.25) is 9.89 Å². The maximum Gasteiger partial charge on any atom is 0.293 e. The van der Waals surface area contributed by atoms with Crippen LogP contribution in [0, 0.1) is 4.77 Å². The lowest BCUT2D eigenvalue weighted by atomic mass is 10.2. The van der Waals surface area contributed by atoms with E-state index in [0.717, 1.165) is 27.7 Å². The molecule has 1 aromatic heterocycles. The van der Waals surface area contributed by atoms with Crippen LogP contribution >= 0.6 is 12.2 Å². The SMILES string of the molecule is O=c1cn[nH]c(=S)n1/N=C/c1ccc(OCc2ccccc2)cc1. The zero-order valence-electron chi connectivity index (χ0n) is 12.6. The van der Waals surface area contributed by atoms with Crippen LogP contribution in [-0.4, -0.2) is 21.1 Å². The molecule has 0 saturated carbocycles. The molecule has 0 fully saturated rings. The van der Waals surface area contributed by atoms with Gasteiger partial charge >= 0.3 is 0 Å². The lowest BCUT2D eigenvalue weighted by molar-refractivity contribution is 0.306. The summed E-state index contributed by atoms with van der Waals surface area (Å²) in [5, 5.41) is 10.2. The highest BCUT2D eigenvalue weighted by Crippen LogP contribution is 2.13. The van der Waals surface area contributed by atoms with Crippen molar-refractivity contribution >= 4 is 18.4 Å². The summed E-state index contributed by atoms with van der Waals surface area (Å²) in [6.07, 6.45) is 2.67. The van der Waals surface area contributed by atoms with Gasteiger partial charge in [0.25, 0.3) is 5.56 Å². The monoisotopic (exact) mass is 338 g/mol. The molecule has 0 unspecified atom stereocenters. The minimum absolute atomic E-state index is 0.140. The number of H-pyrrole nitrogens is 1. The van der Waals surface area contributed by atoms with Crippen molar-refractivity contribution < 1.29 is 4.74 Å². The van der Waals surface area contributed by atoms with E-state index < -0.39 is 5.56 Å². The molecule has 1 N–H and O–H groups in total. The average molecular weight is 338 g/mol. The molecule has 7 heteroatoms. The molecule has 0 amide bonds. The Morgan fingerprint density at radius 3 is 2.62 bits per heavy atom. The van der Waals surface area contributed by atoms with E-state index in [4.69, 9.17) is 17.0 Å². The molecule has 24 heavy (non-hydrogen) atoms. The van der Waals surface area contributed by atoms with E-state index in [1.165, 1.54) is 0 Å². The van der Waals surface area contributed by atoms with Crippen LogP contribution in [0.25, 0.3) is 0 Å². The molecule has 0 aliphatic carbocycles. The van der Waals surface area contributed by atoms with Crippen molar-refractivity contribution in [1.29, 1.82) is 0 Å². The highest BCUT2D eigenvalue weighted by Gasteiger charge is 1.97. The molecule has 3 aromatic rings. The normalized spacial score (nSPS) is 10.8. The Balaban J connectivity index is 1.67. The number of nitrogens with one attached hydrogen (secondary N) is 1. The average Bonchev–Trinajstić information content (AvgIpc) is 2.61. The van der Waals surface area contributed by atoms with Gasteiger partial charge in [-0.05, 0) is 47.6 Å². The molecule has 0 aliphatic heterocycles. The quantitative estimate of drug-likeness (QED) is 0.573. The minimum Gasteiger partial charge on any atom is -0.489 e. The van der Waals surface area contributed by atoms with Crippen LogP contribution in [-0.2, 0) is 6.61 Å². The van der Waals surface area contributed by atoms with Crippen LogP contribution < -0.4 is 10.3 Å². The summed E-state index contributed by atoms with van der Waals surface area (Å²) in [7, 11) is 0. The Labute approximate surface area is 143 Å². The number of benzene rings is 2. The molecular formula is C17H14N4O2S. The molecule has 120 valence electrons. The van der Waals surface area contributed by atoms with Crippen molar-refractivity contribution in [3.63, 3.8) is 0 Å². The van der Waals surface area contributed by atoms with Crippen molar-refractivity contribution in [1.82, 2.24) is 14.9 Å². The lowest BCUT2D eigenvalue weighted by Crippen LogP contribution is -2.18. The second-order valence-electron chi connectivity index (χ2n) is 4.91. The van der Waals surface area contributed by atoms with Crippen molar-refractivity contribution in [2.24, 2.45) is 5.10 Å². The Bertz CT molecular complexity index is 918. The van der Waals surface area contributed by atoms with Crippen LogP contribution in [0.5, 0.6) is 5.75 Å². The first kappa shape index (κ1) is 15.8. The van der Waals surface area contributed by atoms with Crippen LogP contribution in [0.3, 0.4) is 0 Å². The number of aromatic nitrogens is 3. The second-order valence-corrected chi connectivity index (χ2v) is 5.30. The summed E-state index contributed by atoms with van der Waals surface area (Å²) in [5.41, 5.74) is 1.53. The standard InChI is InChI=1S/C17H14N4O2S/c22-16-11-18-20-17(24)21(16)19-10-13-6-8-15(9-7-13)23-12-14-4-2-1-3-5-14/h1-11H,12H2,(H,20,24)/b19-10+. The lowest BCUT2D eigenvalue weighted by Gasteiger charge is -2.06. The van der Waals surface area contributed by atoms with Crippen molar-refractivity contribution in [2.45, 2.75) is 6.61 Å². The summed E-state index contributed by atoms with van der Waals surface area (Å²) >= 11 is 4.97. The molecule has 3 rings (SSSR count). The Morgan fingerprint density at radius 2 is 1.92 bits per heavy atom. The zero-order valence-corrected chi connectivity index (χ0v) is 13.4. The van der Waals surface area contributed by atoms with Gasteiger partial charge in [0.2, 0.25) is 4.77 Å². The number of nitrogens with zero attached hydrogens (tertiary/aromatic N) is 3. The van der Waals surface area contributed by atoms with Gasteiger partial charge in [-0.2, -0.15) is 14.9 Å². The first-order chi connectivity index (χ1) is 11.7. The summed E-state index contributed by atoms with van der Waals surface area (Å²) in [6.45, 7) is 0.510. The maximum absolute atomic E-state index is 11.6. The predicted molar refractivity (Wildman–Crippen MR) is 93.9 cm³/mol. The van der Waals surface area contributed by atoms with Crippen molar-refractivity contribution in [2.75, 3.05) is 0 Å². The van der Waals surface area contributed by atoms with Gasteiger partial charge in [0.15, 0.2) is 0 Å². The largest absolute Gasteiger partial charge is 0.489 e. The first-order valence-electron chi connectivity index (χ1n) is 7.20. The molecule has 0 radical (unpaired) electrons. The fraction of sp³-hybridized carbons (Fsp3) is 0.0588. The smallest absolute Gasteiger partial charge is 0.293 e. The van der Waals surface area contributed by atoms with Gasteiger partial charge in [0.05, 0.1) is 6.21 Å². The molecule has 0 aliphatic rings. The van der Waals surface area contributed by atoms with E-state index in [1.54, 1.807) is 6.21 Å². The van der Waals surface area contributed by atoms with E-state index in [9.17, 15) is 4.79 Å². The van der Waals surface area contributed by atoms with Crippen LogP contribution in [0.2, 0.25) is 0 Å². The number of rotatable bonds is 5. The fourth-order valence-corrected chi connectivity index (χ4v) is 2.16. The molecule has 0 bridgehead atoms. The summed E-state index contributed by atoms with van der Waals surface area (Å²) < 4.78 is 6.93. The third-order valence-electron chi connectivity index (χ3n) is 3.19. The van der Waals surface area contributed by atoms with Gasteiger partial charge in [0.1, 0.15) is 18.6 Å². The fourth-order valence-electron chi connectivity index (χ4n) is 1.97. The highest BCUT2D eigenvalue weighted by atomic mass is 32.1. The molecule has 0 saturated heterocycles. The summed E-state index contributed by atoms with van der Waals surface area (Å²) in [5.74, 6) is 0.759. The first-order valence-corrected chi connectivity index (χ1v) is 7.61. The Morgan fingerprint density at radius 1 is 1.17 bits per heavy atom.